The van der Waals surface area contributed by atoms with Crippen LogP contribution in [-0.2, 0) is 10.0 Å². The van der Waals surface area contributed by atoms with Crippen LogP contribution in [0.5, 0.6) is 5.75 Å². The molecule has 0 aromatic heterocycles. The van der Waals surface area contributed by atoms with Crippen molar-refractivity contribution in [1.82, 2.24) is 4.72 Å². The highest BCUT2D eigenvalue weighted by molar-refractivity contribution is 7.89. The van der Waals surface area contributed by atoms with Crippen LogP contribution in [0.4, 0.5) is 0 Å². The minimum atomic E-state index is -3.51. The minimum Gasteiger partial charge on any atom is -0.496 e. The zero-order chi connectivity index (χ0) is 17.2. The molecule has 0 amide bonds. The molecule has 5 heteroatoms. The van der Waals surface area contributed by atoms with E-state index in [0.29, 0.717) is 10.8 Å². The summed E-state index contributed by atoms with van der Waals surface area (Å²) in [5.74, 6) is 1.34. The molecule has 1 aliphatic rings. The van der Waals surface area contributed by atoms with E-state index >= 15 is 0 Å². The first-order chi connectivity index (χ1) is 10.8. The van der Waals surface area contributed by atoms with Crippen LogP contribution in [0.3, 0.4) is 0 Å². The topological polar surface area (TPSA) is 55.4 Å². The summed E-state index contributed by atoms with van der Waals surface area (Å²) in [5.41, 5.74) is 1.65. The van der Waals surface area contributed by atoms with Gasteiger partial charge in [0.05, 0.1) is 12.0 Å². The van der Waals surface area contributed by atoms with Gasteiger partial charge in [0, 0.05) is 6.04 Å². The highest BCUT2D eigenvalue weighted by atomic mass is 32.2. The van der Waals surface area contributed by atoms with Gasteiger partial charge in [0.25, 0.3) is 0 Å². The normalized spacial score (nSPS) is 22.3. The number of hydrogen-bond donors (Lipinski definition) is 1. The van der Waals surface area contributed by atoms with E-state index in [1.54, 1.807) is 13.2 Å². The third-order valence-corrected chi connectivity index (χ3v) is 6.49. The average Bonchev–Trinajstić information content (AvgIpc) is 2.48. The van der Waals surface area contributed by atoms with Gasteiger partial charge in [0.1, 0.15) is 5.75 Å². The van der Waals surface area contributed by atoms with Crippen molar-refractivity contribution in [3.63, 3.8) is 0 Å². The fourth-order valence-corrected chi connectivity index (χ4v) is 4.99. The third-order valence-electron chi connectivity index (χ3n) is 4.86. The second kappa shape index (κ2) is 7.22. The Morgan fingerprint density at radius 1 is 1.22 bits per heavy atom. The Morgan fingerprint density at radius 2 is 1.87 bits per heavy atom. The molecule has 0 aliphatic heterocycles. The molecule has 4 nitrogen and oxygen atoms in total. The molecule has 1 saturated carbocycles. The molecule has 2 rings (SSSR count). The Kier molecular flexibility index (Phi) is 5.74. The summed E-state index contributed by atoms with van der Waals surface area (Å²) in [6.45, 7) is 8.04. The van der Waals surface area contributed by atoms with E-state index in [1.165, 1.54) is 6.42 Å². The number of methoxy groups -OCH3 is 1. The number of sulfonamides is 1. The van der Waals surface area contributed by atoms with Gasteiger partial charge in [-0.3, -0.25) is 0 Å². The molecular weight excluding hydrogens is 310 g/mol. The maximum Gasteiger partial charge on any atom is 0.241 e. The van der Waals surface area contributed by atoms with Crippen molar-refractivity contribution in [2.24, 2.45) is 5.92 Å². The molecule has 1 aromatic carbocycles. The number of nitrogens with one attached hydrogen (secondary N) is 1. The summed E-state index contributed by atoms with van der Waals surface area (Å²) in [7, 11) is -1.89. The first-order valence-corrected chi connectivity index (χ1v) is 9.95. The van der Waals surface area contributed by atoms with E-state index in [2.05, 4.69) is 11.6 Å². The van der Waals surface area contributed by atoms with Gasteiger partial charge in [0.2, 0.25) is 10.0 Å². The molecule has 0 unspecified atom stereocenters. The van der Waals surface area contributed by atoms with Crippen molar-refractivity contribution in [1.29, 1.82) is 0 Å². The number of ether oxygens (including phenoxy) is 1. The van der Waals surface area contributed by atoms with Gasteiger partial charge in [-0.2, -0.15) is 0 Å². The van der Waals surface area contributed by atoms with Gasteiger partial charge >= 0.3 is 0 Å². The lowest BCUT2D eigenvalue weighted by Crippen LogP contribution is -2.41. The van der Waals surface area contributed by atoms with Gasteiger partial charge in [-0.15, -0.1) is 0 Å². The Balaban J connectivity index is 2.37. The van der Waals surface area contributed by atoms with E-state index < -0.39 is 10.0 Å². The smallest absolute Gasteiger partial charge is 0.241 e. The van der Waals surface area contributed by atoms with Crippen LogP contribution in [0.15, 0.2) is 17.0 Å². The van der Waals surface area contributed by atoms with Crippen molar-refractivity contribution in [2.75, 3.05) is 7.11 Å². The molecule has 2 atom stereocenters. The van der Waals surface area contributed by atoms with Crippen molar-refractivity contribution >= 4 is 10.0 Å². The Bertz CT molecular complexity index is 652. The van der Waals surface area contributed by atoms with Crippen LogP contribution in [-0.4, -0.2) is 21.6 Å². The highest BCUT2D eigenvalue weighted by Crippen LogP contribution is 2.32. The highest BCUT2D eigenvalue weighted by Gasteiger charge is 2.28. The predicted octanol–water partition coefficient (Wildman–Crippen LogP) is 3.98. The molecular formula is C18H29NO3S. The lowest BCUT2D eigenvalue weighted by atomic mass is 9.87. The molecule has 1 N–H and O–H groups in total. The lowest BCUT2D eigenvalue weighted by Gasteiger charge is -2.29. The lowest BCUT2D eigenvalue weighted by molar-refractivity contribution is 0.310. The van der Waals surface area contributed by atoms with Gasteiger partial charge in [-0.1, -0.05) is 33.6 Å². The first-order valence-electron chi connectivity index (χ1n) is 8.47. The van der Waals surface area contributed by atoms with Crippen LogP contribution in [0, 0.1) is 12.8 Å². The maximum absolute atomic E-state index is 12.9. The Morgan fingerprint density at radius 3 is 2.43 bits per heavy atom. The van der Waals surface area contributed by atoms with Crippen LogP contribution in [0.2, 0.25) is 0 Å². The maximum atomic E-state index is 12.9. The third kappa shape index (κ3) is 4.07. The fraction of sp³-hybridized carbons (Fsp3) is 0.667. The fourth-order valence-electron chi connectivity index (χ4n) is 3.35. The summed E-state index contributed by atoms with van der Waals surface area (Å²) in [5, 5.41) is 0. The van der Waals surface area contributed by atoms with Crippen molar-refractivity contribution in [3.05, 3.63) is 23.3 Å². The molecule has 0 spiro atoms. The molecule has 1 fully saturated rings. The van der Waals surface area contributed by atoms with Crippen LogP contribution in [0.25, 0.3) is 0 Å². The first kappa shape index (κ1) is 18.3. The molecule has 0 radical (unpaired) electrons. The standard InChI is InChI=1S/C18H29NO3S/c1-12(2)15-11-18(14(4)10-17(15)22-5)23(20,21)19-16-9-7-6-8-13(16)3/h10-13,16,19H,6-9H2,1-5H3/t13-,16+/m1/s1. The second-order valence-corrected chi connectivity index (χ2v) is 8.69. The molecule has 130 valence electrons. The number of rotatable bonds is 5. The summed E-state index contributed by atoms with van der Waals surface area (Å²) in [6, 6.07) is 3.64. The van der Waals surface area contributed by atoms with Crippen LogP contribution >= 0.6 is 0 Å². The quantitative estimate of drug-likeness (QED) is 0.882. The number of benzene rings is 1. The van der Waals surface area contributed by atoms with E-state index in [-0.39, 0.29) is 12.0 Å². The zero-order valence-corrected chi connectivity index (χ0v) is 15.7. The zero-order valence-electron chi connectivity index (χ0n) is 14.8. The molecule has 23 heavy (non-hydrogen) atoms. The molecule has 1 aromatic rings. The van der Waals surface area contributed by atoms with E-state index in [4.69, 9.17) is 4.74 Å². The summed E-state index contributed by atoms with van der Waals surface area (Å²) in [4.78, 5) is 0.375. The van der Waals surface area contributed by atoms with Gasteiger partial charge in [-0.25, -0.2) is 13.1 Å². The van der Waals surface area contributed by atoms with Gasteiger partial charge < -0.3 is 4.74 Å². The SMILES string of the molecule is COc1cc(C)c(S(=O)(=O)N[C@H]2CCCC[C@H]2C)cc1C(C)C. The van der Waals surface area contributed by atoms with E-state index in [1.807, 2.05) is 26.8 Å². The summed E-state index contributed by atoms with van der Waals surface area (Å²) >= 11 is 0. The number of aryl methyl sites for hydroxylation is 1. The van der Waals surface area contributed by atoms with Gasteiger partial charge in [0.15, 0.2) is 0 Å². The minimum absolute atomic E-state index is 0.0396. The van der Waals surface area contributed by atoms with E-state index in [9.17, 15) is 8.42 Å². The number of hydrogen-bond acceptors (Lipinski definition) is 3. The molecule has 0 saturated heterocycles. The molecule has 0 bridgehead atoms. The molecule has 1 aliphatic carbocycles. The predicted molar refractivity (Wildman–Crippen MR) is 93.6 cm³/mol. The van der Waals surface area contributed by atoms with E-state index in [0.717, 1.165) is 36.1 Å². The molecule has 0 heterocycles. The average molecular weight is 340 g/mol. The van der Waals surface area contributed by atoms with Crippen molar-refractivity contribution in [2.45, 2.75) is 70.2 Å². The largest absolute Gasteiger partial charge is 0.496 e. The monoisotopic (exact) mass is 339 g/mol. The van der Waals surface area contributed by atoms with Crippen LogP contribution in [0.1, 0.15) is 63.5 Å². The van der Waals surface area contributed by atoms with Crippen LogP contribution < -0.4 is 9.46 Å². The van der Waals surface area contributed by atoms with Crippen molar-refractivity contribution < 1.29 is 13.2 Å². The second-order valence-electron chi connectivity index (χ2n) is 7.00. The van der Waals surface area contributed by atoms with Crippen molar-refractivity contribution in [3.8, 4) is 5.75 Å². The Labute approximate surface area is 140 Å². The Hall–Kier alpha value is -1.07. The summed E-state index contributed by atoms with van der Waals surface area (Å²) < 4.78 is 34.1. The summed E-state index contributed by atoms with van der Waals surface area (Å²) in [6.07, 6.45) is 4.30. The van der Waals surface area contributed by atoms with Gasteiger partial charge in [-0.05, 0) is 54.9 Å².